The Morgan fingerprint density at radius 3 is 2.74 bits per heavy atom. The SMILES string of the molecule is CC(CN(C(=O)c1cncc(Br)c1)C1CC1)C(=O)O. The molecule has 1 aliphatic carbocycles. The van der Waals surface area contributed by atoms with Crippen LogP contribution in [0, 0.1) is 5.92 Å². The van der Waals surface area contributed by atoms with Gasteiger partial charge in [-0.1, -0.05) is 6.92 Å². The van der Waals surface area contributed by atoms with Crippen LogP contribution >= 0.6 is 15.9 Å². The summed E-state index contributed by atoms with van der Waals surface area (Å²) in [5.74, 6) is -1.60. The van der Waals surface area contributed by atoms with E-state index >= 15 is 0 Å². The van der Waals surface area contributed by atoms with E-state index in [0.29, 0.717) is 5.56 Å². The Balaban J connectivity index is 2.15. The molecule has 1 unspecified atom stereocenters. The maximum Gasteiger partial charge on any atom is 0.308 e. The van der Waals surface area contributed by atoms with Gasteiger partial charge < -0.3 is 10.0 Å². The van der Waals surface area contributed by atoms with Gasteiger partial charge in [-0.2, -0.15) is 0 Å². The van der Waals surface area contributed by atoms with Crippen molar-refractivity contribution < 1.29 is 14.7 Å². The topological polar surface area (TPSA) is 70.5 Å². The predicted molar refractivity (Wildman–Crippen MR) is 72.8 cm³/mol. The van der Waals surface area contributed by atoms with Crippen LogP contribution in [-0.2, 0) is 4.79 Å². The normalized spacial score (nSPS) is 15.9. The maximum atomic E-state index is 12.4. The van der Waals surface area contributed by atoms with Crippen molar-refractivity contribution in [3.8, 4) is 0 Å². The van der Waals surface area contributed by atoms with Gasteiger partial charge in [0.05, 0.1) is 11.5 Å². The molecule has 1 amide bonds. The van der Waals surface area contributed by atoms with Gasteiger partial charge in [-0.25, -0.2) is 0 Å². The molecule has 19 heavy (non-hydrogen) atoms. The number of nitrogens with zero attached hydrogens (tertiary/aromatic N) is 2. The summed E-state index contributed by atoms with van der Waals surface area (Å²) in [5.41, 5.74) is 0.485. The average molecular weight is 327 g/mol. The van der Waals surface area contributed by atoms with Gasteiger partial charge in [0.25, 0.3) is 5.91 Å². The molecule has 0 aromatic carbocycles. The minimum Gasteiger partial charge on any atom is -0.481 e. The first-order chi connectivity index (χ1) is 8.99. The molecule has 1 fully saturated rings. The molecular weight excluding hydrogens is 312 g/mol. The zero-order valence-electron chi connectivity index (χ0n) is 10.5. The fourth-order valence-corrected chi connectivity index (χ4v) is 2.22. The molecule has 6 heteroatoms. The van der Waals surface area contributed by atoms with Gasteiger partial charge in [0, 0.05) is 29.5 Å². The molecule has 1 saturated carbocycles. The molecule has 0 aliphatic heterocycles. The molecule has 0 radical (unpaired) electrons. The number of hydrogen-bond donors (Lipinski definition) is 1. The van der Waals surface area contributed by atoms with Crippen molar-refractivity contribution >= 4 is 27.8 Å². The van der Waals surface area contributed by atoms with Gasteiger partial charge in [-0.3, -0.25) is 14.6 Å². The van der Waals surface area contributed by atoms with E-state index < -0.39 is 11.9 Å². The van der Waals surface area contributed by atoms with E-state index in [0.717, 1.165) is 17.3 Å². The van der Waals surface area contributed by atoms with E-state index in [1.54, 1.807) is 24.1 Å². The summed E-state index contributed by atoms with van der Waals surface area (Å²) in [4.78, 5) is 29.0. The molecule has 1 heterocycles. The van der Waals surface area contributed by atoms with E-state index in [1.165, 1.54) is 6.20 Å². The van der Waals surface area contributed by atoms with Crippen molar-refractivity contribution in [2.45, 2.75) is 25.8 Å². The van der Waals surface area contributed by atoms with Crippen LogP contribution in [0.15, 0.2) is 22.9 Å². The van der Waals surface area contributed by atoms with Gasteiger partial charge in [-0.15, -0.1) is 0 Å². The summed E-state index contributed by atoms with van der Waals surface area (Å²) in [6.45, 7) is 1.86. The Labute approximate surface area is 119 Å². The standard InChI is InChI=1S/C13H15BrN2O3/c1-8(13(18)19)7-16(11-2-3-11)12(17)9-4-10(14)6-15-5-9/h4-6,8,11H,2-3,7H2,1H3,(H,18,19). The molecule has 1 aromatic heterocycles. The van der Waals surface area contributed by atoms with Gasteiger partial charge in [-0.05, 0) is 34.8 Å². The number of amides is 1. The first kappa shape index (κ1) is 14.0. The van der Waals surface area contributed by atoms with Crippen molar-refractivity contribution in [2.24, 2.45) is 5.92 Å². The van der Waals surface area contributed by atoms with Gasteiger partial charge >= 0.3 is 5.97 Å². The number of hydrogen-bond acceptors (Lipinski definition) is 3. The lowest BCUT2D eigenvalue weighted by Gasteiger charge is -2.24. The molecular formula is C13H15BrN2O3. The van der Waals surface area contributed by atoms with Crippen LogP contribution < -0.4 is 0 Å². The quantitative estimate of drug-likeness (QED) is 0.900. The lowest BCUT2D eigenvalue weighted by Crippen LogP contribution is -2.38. The predicted octanol–water partition coefficient (Wildman–Crippen LogP) is 2.17. The highest BCUT2D eigenvalue weighted by atomic mass is 79.9. The summed E-state index contributed by atoms with van der Waals surface area (Å²) in [5, 5.41) is 8.97. The van der Waals surface area contributed by atoms with Crippen molar-refractivity contribution in [2.75, 3.05) is 6.54 Å². The van der Waals surface area contributed by atoms with Crippen LogP contribution in [0.3, 0.4) is 0 Å². The van der Waals surface area contributed by atoms with Crippen LogP contribution in [0.4, 0.5) is 0 Å². The molecule has 1 atom stereocenters. The van der Waals surface area contributed by atoms with Gasteiger partial charge in [0.15, 0.2) is 0 Å². The molecule has 1 aromatic rings. The van der Waals surface area contributed by atoms with Crippen molar-refractivity contribution in [3.63, 3.8) is 0 Å². The minimum absolute atomic E-state index is 0.149. The number of rotatable bonds is 5. The van der Waals surface area contributed by atoms with Crippen LogP contribution in [0.5, 0.6) is 0 Å². The zero-order chi connectivity index (χ0) is 14.0. The summed E-state index contributed by atoms with van der Waals surface area (Å²) in [6, 6.07) is 1.88. The lowest BCUT2D eigenvalue weighted by atomic mass is 10.1. The Hall–Kier alpha value is -1.43. The number of aliphatic carboxylic acids is 1. The third-order valence-corrected chi connectivity index (χ3v) is 3.53. The summed E-state index contributed by atoms with van der Waals surface area (Å²) in [7, 11) is 0. The number of aromatic nitrogens is 1. The third-order valence-electron chi connectivity index (χ3n) is 3.09. The summed E-state index contributed by atoms with van der Waals surface area (Å²) < 4.78 is 0.736. The Bertz CT molecular complexity index is 502. The highest BCUT2D eigenvalue weighted by molar-refractivity contribution is 9.10. The second kappa shape index (κ2) is 5.69. The molecule has 2 rings (SSSR count). The van der Waals surface area contributed by atoms with Crippen molar-refractivity contribution in [3.05, 3.63) is 28.5 Å². The third kappa shape index (κ3) is 3.53. The average Bonchev–Trinajstić information content (AvgIpc) is 3.19. The summed E-state index contributed by atoms with van der Waals surface area (Å²) in [6.07, 6.45) is 5.01. The van der Waals surface area contributed by atoms with Crippen molar-refractivity contribution in [1.82, 2.24) is 9.88 Å². The second-order valence-electron chi connectivity index (χ2n) is 4.82. The summed E-state index contributed by atoms with van der Waals surface area (Å²) >= 11 is 3.28. The Kier molecular flexibility index (Phi) is 4.19. The smallest absolute Gasteiger partial charge is 0.308 e. The van der Waals surface area contributed by atoms with Crippen molar-refractivity contribution in [1.29, 1.82) is 0 Å². The minimum atomic E-state index is -0.884. The maximum absolute atomic E-state index is 12.4. The number of carbonyl (C=O) groups excluding carboxylic acids is 1. The molecule has 0 spiro atoms. The van der Waals surface area contributed by atoms with Gasteiger partial charge in [0.1, 0.15) is 0 Å². The Morgan fingerprint density at radius 2 is 2.21 bits per heavy atom. The first-order valence-corrected chi connectivity index (χ1v) is 6.92. The monoisotopic (exact) mass is 326 g/mol. The van der Waals surface area contributed by atoms with Gasteiger partial charge in [0.2, 0.25) is 0 Å². The second-order valence-corrected chi connectivity index (χ2v) is 5.74. The van der Waals surface area contributed by atoms with Crippen LogP contribution in [0.25, 0.3) is 0 Å². The number of carboxylic acids is 1. The van der Waals surface area contributed by atoms with E-state index in [2.05, 4.69) is 20.9 Å². The fraction of sp³-hybridized carbons (Fsp3) is 0.462. The van der Waals surface area contributed by atoms with E-state index in [1.807, 2.05) is 0 Å². The van der Waals surface area contributed by atoms with Crippen LogP contribution in [0.1, 0.15) is 30.1 Å². The van der Waals surface area contributed by atoms with Crippen LogP contribution in [0.2, 0.25) is 0 Å². The Morgan fingerprint density at radius 1 is 1.53 bits per heavy atom. The molecule has 5 nitrogen and oxygen atoms in total. The van der Waals surface area contributed by atoms with Crippen LogP contribution in [-0.4, -0.2) is 39.5 Å². The molecule has 0 bridgehead atoms. The van der Waals surface area contributed by atoms with E-state index in [9.17, 15) is 9.59 Å². The molecule has 0 saturated heterocycles. The molecule has 102 valence electrons. The highest BCUT2D eigenvalue weighted by Gasteiger charge is 2.35. The lowest BCUT2D eigenvalue weighted by molar-refractivity contribution is -0.141. The number of carboxylic acid groups (broad SMARTS) is 1. The van der Waals surface area contributed by atoms with E-state index in [4.69, 9.17) is 5.11 Å². The fourth-order valence-electron chi connectivity index (χ4n) is 1.85. The largest absolute Gasteiger partial charge is 0.481 e. The highest BCUT2D eigenvalue weighted by Crippen LogP contribution is 2.29. The van der Waals surface area contributed by atoms with E-state index in [-0.39, 0.29) is 18.5 Å². The molecule has 1 aliphatic rings. The number of halogens is 1. The number of carbonyl (C=O) groups is 2. The number of pyridine rings is 1. The first-order valence-electron chi connectivity index (χ1n) is 6.13. The zero-order valence-corrected chi connectivity index (χ0v) is 12.1. The molecule has 1 N–H and O–H groups in total.